The summed E-state index contributed by atoms with van der Waals surface area (Å²) >= 11 is 0. The number of nitrogens with zero attached hydrogens (tertiary/aromatic N) is 1. The van der Waals surface area contributed by atoms with Gasteiger partial charge in [0.25, 0.3) is 0 Å². The number of hydrogen-bond acceptors (Lipinski definition) is 2. The third-order valence-electron chi connectivity index (χ3n) is 2.54. The Morgan fingerprint density at radius 1 is 1.33 bits per heavy atom. The van der Waals surface area contributed by atoms with E-state index >= 15 is 0 Å². The Balaban J connectivity index is 2.30. The maximum Gasteiger partial charge on any atom is 0.303 e. The number of nitrogens with one attached hydrogen (secondary N) is 1. The molecule has 2 rings (SSSR count). The molecule has 0 aliphatic rings. The van der Waals surface area contributed by atoms with Gasteiger partial charge in [-0.25, -0.2) is 8.78 Å². The molecule has 0 bridgehead atoms. The van der Waals surface area contributed by atoms with Crippen molar-refractivity contribution in [3.8, 4) is 11.1 Å². The van der Waals surface area contributed by atoms with Crippen molar-refractivity contribution in [2.45, 2.75) is 12.8 Å². The lowest BCUT2D eigenvalue weighted by Crippen LogP contribution is -1.99. The van der Waals surface area contributed by atoms with Gasteiger partial charge in [0, 0.05) is 17.7 Å². The maximum atomic E-state index is 13.1. The van der Waals surface area contributed by atoms with Crippen LogP contribution in [0.2, 0.25) is 0 Å². The fourth-order valence-corrected chi connectivity index (χ4v) is 1.65. The summed E-state index contributed by atoms with van der Waals surface area (Å²) in [5.74, 6) is -2.80. The summed E-state index contributed by atoms with van der Waals surface area (Å²) in [6.07, 6.45) is 1.66. The average molecular weight is 252 g/mol. The number of hydrogen-bond donors (Lipinski definition) is 2. The van der Waals surface area contributed by atoms with Gasteiger partial charge >= 0.3 is 5.97 Å². The molecule has 4 nitrogen and oxygen atoms in total. The molecule has 1 heterocycles. The van der Waals surface area contributed by atoms with E-state index in [9.17, 15) is 13.6 Å². The van der Waals surface area contributed by atoms with Crippen LogP contribution in [0.5, 0.6) is 0 Å². The van der Waals surface area contributed by atoms with Crippen molar-refractivity contribution in [1.82, 2.24) is 10.2 Å². The Kier molecular flexibility index (Phi) is 3.36. The van der Waals surface area contributed by atoms with Crippen molar-refractivity contribution >= 4 is 5.97 Å². The van der Waals surface area contributed by atoms with Gasteiger partial charge in [-0.1, -0.05) is 6.07 Å². The number of halogens is 2. The summed E-state index contributed by atoms with van der Waals surface area (Å²) in [6.45, 7) is 0. The lowest BCUT2D eigenvalue weighted by Gasteiger charge is -2.02. The van der Waals surface area contributed by atoms with Crippen molar-refractivity contribution in [3.63, 3.8) is 0 Å². The fourth-order valence-electron chi connectivity index (χ4n) is 1.65. The minimum absolute atomic E-state index is 0.0567. The topological polar surface area (TPSA) is 66.0 Å². The molecule has 0 amide bonds. The van der Waals surface area contributed by atoms with Crippen molar-refractivity contribution in [1.29, 1.82) is 0 Å². The lowest BCUT2D eigenvalue weighted by atomic mass is 10.0. The Labute approximate surface area is 101 Å². The smallest absolute Gasteiger partial charge is 0.303 e. The van der Waals surface area contributed by atoms with Crippen LogP contribution in [0.3, 0.4) is 0 Å². The summed E-state index contributed by atoms with van der Waals surface area (Å²) in [5.41, 5.74) is 1.63. The zero-order valence-electron chi connectivity index (χ0n) is 9.28. The van der Waals surface area contributed by atoms with Crippen LogP contribution in [-0.4, -0.2) is 21.3 Å². The number of carboxylic acids is 1. The van der Waals surface area contributed by atoms with E-state index < -0.39 is 17.6 Å². The first kappa shape index (κ1) is 12.2. The molecule has 1 aromatic heterocycles. The van der Waals surface area contributed by atoms with Gasteiger partial charge in [-0.2, -0.15) is 5.10 Å². The first-order valence-electron chi connectivity index (χ1n) is 5.27. The van der Waals surface area contributed by atoms with Crippen molar-refractivity contribution in [2.24, 2.45) is 0 Å². The highest BCUT2D eigenvalue weighted by atomic mass is 19.2. The number of carboxylic acid groups (broad SMARTS) is 1. The van der Waals surface area contributed by atoms with Gasteiger partial charge in [0.05, 0.1) is 12.6 Å². The van der Waals surface area contributed by atoms with Gasteiger partial charge in [0.15, 0.2) is 11.6 Å². The Bertz CT molecular complexity index is 581. The summed E-state index contributed by atoms with van der Waals surface area (Å²) in [6, 6.07) is 3.51. The summed E-state index contributed by atoms with van der Waals surface area (Å²) in [4.78, 5) is 10.5. The standard InChI is InChI=1S/C12H10F2N2O2/c13-9-2-1-7(5-10(9)14)8-6-15-16-11(8)3-4-12(17)18/h1-2,5-6H,3-4H2,(H,15,16)(H,17,18). The van der Waals surface area contributed by atoms with E-state index in [1.54, 1.807) is 0 Å². The minimum atomic E-state index is -0.946. The van der Waals surface area contributed by atoms with Crippen LogP contribution >= 0.6 is 0 Å². The molecule has 0 fully saturated rings. The largest absolute Gasteiger partial charge is 0.481 e. The van der Waals surface area contributed by atoms with E-state index in [-0.39, 0.29) is 12.8 Å². The SMILES string of the molecule is O=C(O)CCc1[nH]ncc1-c1ccc(F)c(F)c1. The highest BCUT2D eigenvalue weighted by Gasteiger charge is 2.11. The van der Waals surface area contributed by atoms with Gasteiger partial charge in [0.2, 0.25) is 0 Å². The molecule has 0 aliphatic carbocycles. The van der Waals surface area contributed by atoms with Crippen molar-refractivity contribution < 1.29 is 18.7 Å². The van der Waals surface area contributed by atoms with E-state index in [0.717, 1.165) is 12.1 Å². The molecule has 0 saturated heterocycles. The number of aromatic nitrogens is 2. The molecule has 0 atom stereocenters. The van der Waals surface area contributed by atoms with E-state index in [4.69, 9.17) is 5.11 Å². The van der Waals surface area contributed by atoms with Crippen LogP contribution in [-0.2, 0) is 11.2 Å². The minimum Gasteiger partial charge on any atom is -0.481 e. The van der Waals surface area contributed by atoms with Crippen LogP contribution in [0.25, 0.3) is 11.1 Å². The van der Waals surface area contributed by atoms with Crippen LogP contribution in [0.4, 0.5) is 8.78 Å². The third kappa shape index (κ3) is 2.53. The van der Waals surface area contributed by atoms with Crippen LogP contribution < -0.4 is 0 Å². The number of aromatic amines is 1. The van der Waals surface area contributed by atoms with Crippen LogP contribution in [0.15, 0.2) is 24.4 Å². The van der Waals surface area contributed by atoms with E-state index in [1.807, 2.05) is 0 Å². The average Bonchev–Trinajstić information content (AvgIpc) is 2.78. The van der Waals surface area contributed by atoms with Crippen molar-refractivity contribution in [3.05, 3.63) is 41.7 Å². The van der Waals surface area contributed by atoms with E-state index in [0.29, 0.717) is 16.8 Å². The molecule has 1 aromatic carbocycles. The molecule has 2 aromatic rings. The van der Waals surface area contributed by atoms with Gasteiger partial charge in [-0.3, -0.25) is 9.89 Å². The van der Waals surface area contributed by atoms with Crippen LogP contribution in [0, 0.1) is 11.6 Å². The third-order valence-corrected chi connectivity index (χ3v) is 2.54. The number of H-pyrrole nitrogens is 1. The molecule has 0 saturated carbocycles. The molecular formula is C12H10F2N2O2. The number of aliphatic carboxylic acids is 1. The summed E-state index contributed by atoms with van der Waals surface area (Å²) in [7, 11) is 0. The normalized spacial score (nSPS) is 10.6. The molecule has 0 aliphatic heterocycles. The Hall–Kier alpha value is -2.24. The zero-order chi connectivity index (χ0) is 13.1. The predicted octanol–water partition coefficient (Wildman–Crippen LogP) is 2.37. The molecule has 0 unspecified atom stereocenters. The van der Waals surface area contributed by atoms with Gasteiger partial charge in [-0.05, 0) is 17.7 Å². The second kappa shape index (κ2) is 4.95. The number of benzene rings is 1. The lowest BCUT2D eigenvalue weighted by molar-refractivity contribution is -0.136. The van der Waals surface area contributed by atoms with Crippen molar-refractivity contribution in [2.75, 3.05) is 0 Å². The number of carbonyl (C=O) groups is 1. The number of aryl methyl sites for hydroxylation is 1. The molecule has 0 radical (unpaired) electrons. The van der Waals surface area contributed by atoms with Gasteiger partial charge in [-0.15, -0.1) is 0 Å². The monoisotopic (exact) mass is 252 g/mol. The molecule has 6 heteroatoms. The van der Waals surface area contributed by atoms with Gasteiger partial charge in [0.1, 0.15) is 0 Å². The highest BCUT2D eigenvalue weighted by molar-refractivity contribution is 5.69. The van der Waals surface area contributed by atoms with Crippen LogP contribution in [0.1, 0.15) is 12.1 Å². The molecule has 18 heavy (non-hydrogen) atoms. The fraction of sp³-hybridized carbons (Fsp3) is 0.167. The zero-order valence-corrected chi connectivity index (χ0v) is 9.28. The second-order valence-corrected chi connectivity index (χ2v) is 3.78. The highest BCUT2D eigenvalue weighted by Crippen LogP contribution is 2.24. The first-order valence-corrected chi connectivity index (χ1v) is 5.27. The molecule has 0 spiro atoms. The Morgan fingerprint density at radius 3 is 2.78 bits per heavy atom. The quantitative estimate of drug-likeness (QED) is 0.877. The summed E-state index contributed by atoms with van der Waals surface area (Å²) < 4.78 is 25.9. The maximum absolute atomic E-state index is 13.1. The number of rotatable bonds is 4. The molecule has 2 N–H and O–H groups in total. The van der Waals surface area contributed by atoms with E-state index in [1.165, 1.54) is 12.3 Å². The second-order valence-electron chi connectivity index (χ2n) is 3.78. The molecule has 94 valence electrons. The Morgan fingerprint density at radius 2 is 2.11 bits per heavy atom. The predicted molar refractivity (Wildman–Crippen MR) is 59.9 cm³/mol. The summed E-state index contributed by atoms with van der Waals surface area (Å²) in [5, 5.41) is 15.1. The van der Waals surface area contributed by atoms with Gasteiger partial charge < -0.3 is 5.11 Å². The molecular weight excluding hydrogens is 242 g/mol. The first-order chi connectivity index (χ1) is 8.58. The van der Waals surface area contributed by atoms with E-state index in [2.05, 4.69) is 10.2 Å².